The van der Waals surface area contributed by atoms with Crippen molar-refractivity contribution in [3.05, 3.63) is 12.2 Å². The topological polar surface area (TPSA) is 47.6 Å². The fourth-order valence-electron chi connectivity index (χ4n) is 0.824. The second kappa shape index (κ2) is 9.34. The van der Waals surface area contributed by atoms with Crippen molar-refractivity contribution >= 4 is 36.2 Å². The Labute approximate surface area is 93.0 Å². The molecule has 0 aromatic rings. The van der Waals surface area contributed by atoms with Crippen LogP contribution in [0.25, 0.3) is 0 Å². The molecule has 0 spiro atoms. The van der Waals surface area contributed by atoms with Crippen molar-refractivity contribution in [2.24, 2.45) is 0 Å². The van der Waals surface area contributed by atoms with E-state index in [1.165, 1.54) is 0 Å². The Balaban J connectivity index is 3.13. The van der Waals surface area contributed by atoms with E-state index >= 15 is 0 Å². The SMILES string of the molecule is C=C(C)C(=O)NCCC[SiH2]O[SiH2]O[SiH3]. The molecule has 14 heavy (non-hydrogen) atoms. The summed E-state index contributed by atoms with van der Waals surface area (Å²) in [4.78, 5) is 11.0. The van der Waals surface area contributed by atoms with Gasteiger partial charge in [0.05, 0.1) is 0 Å². The molecule has 0 aliphatic rings. The predicted molar refractivity (Wildman–Crippen MR) is 66.4 cm³/mol. The molecule has 0 heterocycles. The van der Waals surface area contributed by atoms with Gasteiger partial charge in [0.2, 0.25) is 5.91 Å². The van der Waals surface area contributed by atoms with E-state index in [0.29, 0.717) is 5.57 Å². The lowest BCUT2D eigenvalue weighted by molar-refractivity contribution is -0.117. The van der Waals surface area contributed by atoms with Gasteiger partial charge in [-0.1, -0.05) is 6.58 Å². The van der Waals surface area contributed by atoms with Crippen LogP contribution in [0.15, 0.2) is 12.2 Å². The summed E-state index contributed by atoms with van der Waals surface area (Å²) in [5.41, 5.74) is 0.565. The van der Waals surface area contributed by atoms with Crippen molar-refractivity contribution < 1.29 is 13.0 Å². The molecule has 0 saturated heterocycles. The first-order chi connectivity index (χ1) is 6.68. The van der Waals surface area contributed by atoms with E-state index in [2.05, 4.69) is 11.9 Å². The van der Waals surface area contributed by atoms with Crippen molar-refractivity contribution in [3.63, 3.8) is 0 Å². The van der Waals surface area contributed by atoms with Crippen LogP contribution >= 0.6 is 0 Å². The second-order valence-electron chi connectivity index (χ2n) is 3.06. The van der Waals surface area contributed by atoms with Gasteiger partial charge in [0.1, 0.15) is 20.2 Å². The molecule has 1 amide bonds. The van der Waals surface area contributed by atoms with Gasteiger partial charge >= 0.3 is 0 Å². The van der Waals surface area contributed by atoms with Crippen LogP contribution in [0.2, 0.25) is 6.04 Å². The molecule has 7 heteroatoms. The van der Waals surface area contributed by atoms with Gasteiger partial charge in [-0.3, -0.25) is 4.79 Å². The summed E-state index contributed by atoms with van der Waals surface area (Å²) in [5.74, 6) is -0.0511. The number of carbonyl (C=O) groups excluding carboxylic acids is 1. The van der Waals surface area contributed by atoms with E-state index in [-0.39, 0.29) is 15.7 Å². The molecule has 0 aliphatic carbocycles. The van der Waals surface area contributed by atoms with E-state index in [0.717, 1.165) is 29.5 Å². The quantitative estimate of drug-likeness (QED) is 0.304. The third kappa shape index (κ3) is 8.38. The number of nitrogens with one attached hydrogen (secondary N) is 1. The third-order valence-electron chi connectivity index (χ3n) is 1.59. The Hall–Kier alpha value is -0.219. The summed E-state index contributed by atoms with van der Waals surface area (Å²) < 4.78 is 10.4. The van der Waals surface area contributed by atoms with Crippen LogP contribution in [-0.4, -0.2) is 42.7 Å². The summed E-state index contributed by atoms with van der Waals surface area (Å²) in [5, 5.41) is 2.79. The van der Waals surface area contributed by atoms with Crippen LogP contribution in [0, 0.1) is 0 Å². The molecular formula is C7H19NO3Si3. The Bertz CT molecular complexity index is 189. The normalized spacial score (nSPS) is 11.8. The van der Waals surface area contributed by atoms with E-state index in [9.17, 15) is 4.79 Å². The molecule has 0 radical (unpaired) electrons. The standard InChI is InChI=1S/C7H19NO3Si3/c1-6(2)7(9)8-4-3-5-13-11-14-10-12/h1,3-5,13-14H2,2,12H3,(H,8,9). The lowest BCUT2D eigenvalue weighted by Gasteiger charge is -2.04. The minimum Gasteiger partial charge on any atom is -0.449 e. The lowest BCUT2D eigenvalue weighted by Crippen LogP contribution is -2.25. The molecule has 0 unspecified atom stereocenters. The molecule has 1 N–H and O–H groups in total. The highest BCUT2D eigenvalue weighted by Gasteiger charge is 1.99. The molecule has 0 saturated carbocycles. The van der Waals surface area contributed by atoms with Crippen molar-refractivity contribution in [2.45, 2.75) is 19.4 Å². The van der Waals surface area contributed by atoms with E-state index in [4.69, 9.17) is 8.23 Å². The van der Waals surface area contributed by atoms with Crippen molar-refractivity contribution in [2.75, 3.05) is 6.54 Å². The van der Waals surface area contributed by atoms with Gasteiger partial charge in [-0.15, -0.1) is 0 Å². The maximum atomic E-state index is 11.0. The van der Waals surface area contributed by atoms with Gasteiger partial charge in [0, 0.05) is 12.1 Å². The first-order valence-electron chi connectivity index (χ1n) is 4.69. The molecule has 0 rings (SSSR count). The fourth-order valence-corrected chi connectivity index (χ4v) is 4.73. The van der Waals surface area contributed by atoms with Gasteiger partial charge in [0.25, 0.3) is 10.0 Å². The summed E-state index contributed by atoms with van der Waals surface area (Å²) >= 11 is 0. The van der Waals surface area contributed by atoms with Crippen molar-refractivity contribution in [3.8, 4) is 0 Å². The lowest BCUT2D eigenvalue weighted by atomic mass is 10.3. The van der Waals surface area contributed by atoms with Crippen LogP contribution in [0.3, 0.4) is 0 Å². The van der Waals surface area contributed by atoms with E-state index < -0.39 is 10.0 Å². The molecule has 0 bridgehead atoms. The first-order valence-corrected chi connectivity index (χ1v) is 8.23. The fraction of sp³-hybridized carbons (Fsp3) is 0.571. The highest BCUT2D eigenvalue weighted by Crippen LogP contribution is 1.90. The zero-order chi connectivity index (χ0) is 10.8. The maximum Gasteiger partial charge on any atom is 0.282 e. The van der Waals surface area contributed by atoms with E-state index in [1.54, 1.807) is 6.92 Å². The Morgan fingerprint density at radius 3 is 2.93 bits per heavy atom. The Morgan fingerprint density at radius 1 is 1.64 bits per heavy atom. The summed E-state index contributed by atoms with van der Waals surface area (Å²) in [6, 6.07) is 1.11. The van der Waals surface area contributed by atoms with Gasteiger partial charge in [-0.2, -0.15) is 0 Å². The Kier molecular flexibility index (Phi) is 9.19. The monoisotopic (exact) mass is 249 g/mol. The zero-order valence-corrected chi connectivity index (χ0v) is 13.8. The summed E-state index contributed by atoms with van der Waals surface area (Å²) in [7, 11) is -0.201. The molecule has 0 aromatic carbocycles. The van der Waals surface area contributed by atoms with Gasteiger partial charge in [-0.05, 0) is 19.4 Å². The Morgan fingerprint density at radius 2 is 2.36 bits per heavy atom. The van der Waals surface area contributed by atoms with Crippen LogP contribution in [0.4, 0.5) is 0 Å². The number of hydrogen-bond donors (Lipinski definition) is 1. The van der Waals surface area contributed by atoms with Crippen molar-refractivity contribution in [1.82, 2.24) is 5.32 Å². The van der Waals surface area contributed by atoms with E-state index in [1.807, 2.05) is 0 Å². The zero-order valence-electron chi connectivity index (χ0n) is 8.97. The minimum absolute atomic E-state index is 0.0511. The molecule has 0 fully saturated rings. The third-order valence-corrected chi connectivity index (χ3v) is 5.14. The molecule has 0 aliphatic heterocycles. The maximum absolute atomic E-state index is 11.0. The summed E-state index contributed by atoms with van der Waals surface area (Å²) in [6.45, 7) is 6.00. The number of rotatable bonds is 8. The first kappa shape index (κ1) is 13.8. The highest BCUT2D eigenvalue weighted by atomic mass is 28.3. The molecule has 4 nitrogen and oxygen atoms in total. The van der Waals surface area contributed by atoms with Crippen LogP contribution in [0.1, 0.15) is 13.3 Å². The number of amides is 1. The number of carbonyl (C=O) groups is 1. The average molecular weight is 249 g/mol. The molecule has 0 atom stereocenters. The van der Waals surface area contributed by atoms with Gasteiger partial charge in [-0.25, -0.2) is 0 Å². The second-order valence-corrected chi connectivity index (χ2v) is 8.35. The van der Waals surface area contributed by atoms with Crippen LogP contribution < -0.4 is 5.32 Å². The van der Waals surface area contributed by atoms with Crippen LogP contribution in [-0.2, 0) is 13.0 Å². The average Bonchev–Trinajstić information content (AvgIpc) is 2.16. The molecule has 82 valence electrons. The molecular weight excluding hydrogens is 230 g/mol. The van der Waals surface area contributed by atoms with Gasteiger partial charge < -0.3 is 13.5 Å². The number of hydrogen-bond acceptors (Lipinski definition) is 3. The molecule has 0 aromatic heterocycles. The van der Waals surface area contributed by atoms with Gasteiger partial charge in [0.15, 0.2) is 0 Å². The minimum atomic E-state index is -0.619. The summed E-state index contributed by atoms with van der Waals surface area (Å²) in [6.07, 6.45) is 1.00. The van der Waals surface area contributed by atoms with Crippen molar-refractivity contribution in [1.29, 1.82) is 0 Å². The highest BCUT2D eigenvalue weighted by molar-refractivity contribution is 6.41. The largest absolute Gasteiger partial charge is 0.449 e. The predicted octanol–water partition coefficient (Wildman–Crippen LogP) is -2.12. The van der Waals surface area contributed by atoms with Crippen LogP contribution in [0.5, 0.6) is 0 Å². The smallest absolute Gasteiger partial charge is 0.282 e.